The van der Waals surface area contributed by atoms with E-state index in [0.29, 0.717) is 18.0 Å². The highest BCUT2D eigenvalue weighted by Crippen LogP contribution is 2.28. The van der Waals surface area contributed by atoms with Crippen LogP contribution in [-0.2, 0) is 17.9 Å². The lowest BCUT2D eigenvalue weighted by Crippen LogP contribution is -2.27. The van der Waals surface area contributed by atoms with E-state index >= 15 is 0 Å². The standard InChI is InChI=1S/C23H20F2N4O2/c1-14-11-20(23-28-27-22(31-23)17-5-9-19(25)10-6-17)15(2)29(14)13-21(30)26-12-16-3-7-18(24)8-4-16/h3-11H,12-13H2,1-2H3,(H,26,30). The molecule has 1 amide bonds. The number of benzene rings is 2. The van der Waals surface area contributed by atoms with Crippen LogP contribution in [0.25, 0.3) is 22.9 Å². The molecule has 0 aliphatic heterocycles. The summed E-state index contributed by atoms with van der Waals surface area (Å²) < 4.78 is 33.8. The number of aromatic nitrogens is 3. The van der Waals surface area contributed by atoms with Gasteiger partial charge in [0.1, 0.15) is 18.2 Å². The van der Waals surface area contributed by atoms with Crippen LogP contribution in [0, 0.1) is 25.5 Å². The van der Waals surface area contributed by atoms with E-state index in [1.165, 1.54) is 24.3 Å². The van der Waals surface area contributed by atoms with Gasteiger partial charge in [-0.3, -0.25) is 4.79 Å². The minimum atomic E-state index is -0.343. The van der Waals surface area contributed by atoms with Crippen molar-refractivity contribution in [2.24, 2.45) is 0 Å². The van der Waals surface area contributed by atoms with E-state index in [4.69, 9.17) is 4.42 Å². The number of halogens is 2. The van der Waals surface area contributed by atoms with Crippen molar-refractivity contribution in [3.63, 3.8) is 0 Å². The van der Waals surface area contributed by atoms with Gasteiger partial charge >= 0.3 is 0 Å². The third-order valence-electron chi connectivity index (χ3n) is 5.02. The number of carbonyl (C=O) groups excluding carboxylic acids is 1. The number of nitrogens with zero attached hydrogens (tertiary/aromatic N) is 3. The second-order valence-corrected chi connectivity index (χ2v) is 7.19. The van der Waals surface area contributed by atoms with Crippen LogP contribution in [-0.4, -0.2) is 20.7 Å². The highest BCUT2D eigenvalue weighted by atomic mass is 19.1. The molecule has 0 aliphatic carbocycles. The fraction of sp³-hybridized carbons (Fsp3) is 0.174. The van der Waals surface area contributed by atoms with Gasteiger partial charge in [-0.05, 0) is 61.9 Å². The minimum Gasteiger partial charge on any atom is -0.416 e. The van der Waals surface area contributed by atoms with Gasteiger partial charge in [0.15, 0.2) is 0 Å². The van der Waals surface area contributed by atoms with Crippen molar-refractivity contribution in [1.29, 1.82) is 0 Å². The molecule has 1 N–H and O–H groups in total. The fourth-order valence-electron chi connectivity index (χ4n) is 3.30. The number of amides is 1. The number of rotatable bonds is 6. The Morgan fingerprint density at radius 2 is 1.58 bits per heavy atom. The molecular formula is C23H20F2N4O2. The Kier molecular flexibility index (Phi) is 5.62. The largest absolute Gasteiger partial charge is 0.416 e. The zero-order valence-corrected chi connectivity index (χ0v) is 17.0. The summed E-state index contributed by atoms with van der Waals surface area (Å²) in [6.45, 7) is 4.20. The van der Waals surface area contributed by atoms with E-state index in [1.807, 2.05) is 24.5 Å². The summed E-state index contributed by atoms with van der Waals surface area (Å²) in [6.07, 6.45) is 0. The second kappa shape index (κ2) is 8.51. The van der Waals surface area contributed by atoms with E-state index in [-0.39, 0.29) is 30.0 Å². The number of hydrogen-bond acceptors (Lipinski definition) is 4. The Hall–Kier alpha value is -3.81. The van der Waals surface area contributed by atoms with Crippen molar-refractivity contribution >= 4 is 5.91 Å². The lowest BCUT2D eigenvalue weighted by atomic mass is 10.2. The number of aryl methyl sites for hydroxylation is 1. The van der Waals surface area contributed by atoms with Crippen LogP contribution in [0.3, 0.4) is 0 Å². The molecular weight excluding hydrogens is 402 g/mol. The zero-order valence-electron chi connectivity index (χ0n) is 17.0. The SMILES string of the molecule is Cc1cc(-c2nnc(-c3ccc(F)cc3)o2)c(C)n1CC(=O)NCc1ccc(F)cc1. The third kappa shape index (κ3) is 4.53. The maximum Gasteiger partial charge on any atom is 0.249 e. The lowest BCUT2D eigenvalue weighted by Gasteiger charge is -2.10. The van der Waals surface area contributed by atoms with Crippen molar-refractivity contribution in [3.05, 3.63) is 83.2 Å². The molecule has 0 fully saturated rings. The number of carbonyl (C=O) groups is 1. The maximum absolute atomic E-state index is 13.1. The van der Waals surface area contributed by atoms with Crippen molar-refractivity contribution < 1.29 is 18.0 Å². The van der Waals surface area contributed by atoms with Crippen LogP contribution >= 0.6 is 0 Å². The molecule has 4 aromatic rings. The molecule has 0 spiro atoms. The summed E-state index contributed by atoms with van der Waals surface area (Å²) in [5.41, 5.74) is 3.84. The van der Waals surface area contributed by atoms with Gasteiger partial charge in [0.05, 0.1) is 5.56 Å². The molecule has 0 radical (unpaired) electrons. The Labute approximate surface area is 177 Å². The van der Waals surface area contributed by atoms with Crippen LogP contribution in [0.4, 0.5) is 8.78 Å². The highest BCUT2D eigenvalue weighted by molar-refractivity contribution is 5.76. The molecule has 0 bridgehead atoms. The quantitative estimate of drug-likeness (QED) is 0.499. The van der Waals surface area contributed by atoms with Crippen LogP contribution in [0.2, 0.25) is 0 Å². The first-order valence-corrected chi connectivity index (χ1v) is 9.68. The molecule has 0 unspecified atom stereocenters. The van der Waals surface area contributed by atoms with Gasteiger partial charge in [-0.2, -0.15) is 0 Å². The Morgan fingerprint density at radius 3 is 2.26 bits per heavy atom. The maximum atomic E-state index is 13.1. The number of hydrogen-bond donors (Lipinski definition) is 1. The average molecular weight is 422 g/mol. The highest BCUT2D eigenvalue weighted by Gasteiger charge is 2.18. The minimum absolute atomic E-state index is 0.123. The van der Waals surface area contributed by atoms with E-state index in [0.717, 1.165) is 22.5 Å². The predicted octanol–water partition coefficient (Wildman–Crippen LogP) is 4.42. The summed E-state index contributed by atoms with van der Waals surface area (Å²) in [5, 5.41) is 11.0. The smallest absolute Gasteiger partial charge is 0.249 e. The van der Waals surface area contributed by atoms with Gasteiger partial charge in [-0.25, -0.2) is 8.78 Å². The van der Waals surface area contributed by atoms with E-state index in [9.17, 15) is 13.6 Å². The first kappa shape index (κ1) is 20.5. The molecule has 0 atom stereocenters. The van der Waals surface area contributed by atoms with Gasteiger partial charge in [-0.1, -0.05) is 12.1 Å². The molecule has 0 saturated heterocycles. The first-order chi connectivity index (χ1) is 14.9. The Morgan fingerprint density at radius 1 is 0.968 bits per heavy atom. The summed E-state index contributed by atoms with van der Waals surface area (Å²) in [5.74, 6) is -0.216. The average Bonchev–Trinajstić information content (AvgIpc) is 3.34. The van der Waals surface area contributed by atoms with Crippen molar-refractivity contribution in [2.75, 3.05) is 0 Å². The van der Waals surface area contributed by atoms with E-state index < -0.39 is 0 Å². The molecule has 2 aromatic heterocycles. The number of nitrogens with one attached hydrogen (secondary N) is 1. The van der Waals surface area contributed by atoms with Gasteiger partial charge in [0.2, 0.25) is 17.7 Å². The van der Waals surface area contributed by atoms with E-state index in [1.54, 1.807) is 24.3 Å². The van der Waals surface area contributed by atoms with Crippen molar-refractivity contribution in [3.8, 4) is 22.9 Å². The fourth-order valence-corrected chi connectivity index (χ4v) is 3.30. The van der Waals surface area contributed by atoms with Crippen LogP contribution < -0.4 is 5.32 Å². The first-order valence-electron chi connectivity index (χ1n) is 9.68. The van der Waals surface area contributed by atoms with Gasteiger partial charge in [-0.15, -0.1) is 10.2 Å². The van der Waals surface area contributed by atoms with Crippen LogP contribution in [0.1, 0.15) is 17.0 Å². The van der Waals surface area contributed by atoms with E-state index in [2.05, 4.69) is 15.5 Å². The summed E-state index contributed by atoms with van der Waals surface area (Å²) in [6, 6.07) is 13.7. The second-order valence-electron chi connectivity index (χ2n) is 7.19. The molecule has 6 nitrogen and oxygen atoms in total. The van der Waals surface area contributed by atoms with Gasteiger partial charge in [0.25, 0.3) is 0 Å². The van der Waals surface area contributed by atoms with Crippen LogP contribution in [0.5, 0.6) is 0 Å². The molecule has 2 heterocycles. The topological polar surface area (TPSA) is 73.0 Å². The third-order valence-corrected chi connectivity index (χ3v) is 5.02. The zero-order chi connectivity index (χ0) is 22.0. The molecule has 0 aliphatic rings. The molecule has 8 heteroatoms. The van der Waals surface area contributed by atoms with Crippen LogP contribution in [0.15, 0.2) is 59.0 Å². The summed E-state index contributed by atoms with van der Waals surface area (Å²) in [4.78, 5) is 12.4. The van der Waals surface area contributed by atoms with Gasteiger partial charge < -0.3 is 14.3 Å². The van der Waals surface area contributed by atoms with Crippen molar-refractivity contribution in [2.45, 2.75) is 26.9 Å². The molecule has 2 aromatic carbocycles. The molecule has 158 valence electrons. The molecule has 0 saturated carbocycles. The normalized spacial score (nSPS) is 11.0. The Balaban J connectivity index is 1.48. The monoisotopic (exact) mass is 422 g/mol. The predicted molar refractivity (Wildman–Crippen MR) is 111 cm³/mol. The van der Waals surface area contributed by atoms with Crippen molar-refractivity contribution in [1.82, 2.24) is 20.1 Å². The van der Waals surface area contributed by atoms with Gasteiger partial charge in [0, 0.05) is 23.5 Å². The molecule has 4 rings (SSSR count). The lowest BCUT2D eigenvalue weighted by molar-refractivity contribution is -0.121. The summed E-state index contributed by atoms with van der Waals surface area (Å²) >= 11 is 0. The Bertz CT molecular complexity index is 1210. The molecule has 31 heavy (non-hydrogen) atoms. The summed E-state index contributed by atoms with van der Waals surface area (Å²) in [7, 11) is 0.